The Hall–Kier alpha value is -3.10. The van der Waals surface area contributed by atoms with E-state index in [9.17, 15) is 14.4 Å². The minimum absolute atomic E-state index is 0.219. The number of hydrogen-bond donors (Lipinski definition) is 0. The van der Waals surface area contributed by atoms with Crippen molar-refractivity contribution in [2.24, 2.45) is 4.99 Å². The van der Waals surface area contributed by atoms with E-state index < -0.39 is 0 Å². The van der Waals surface area contributed by atoms with Crippen LogP contribution in [0.15, 0.2) is 53.5 Å². The number of rotatable bonds is 5. The van der Waals surface area contributed by atoms with Crippen LogP contribution in [0.4, 0.5) is 5.69 Å². The predicted octanol–water partition coefficient (Wildman–Crippen LogP) is 2.74. The molecule has 148 valence electrons. The van der Waals surface area contributed by atoms with Crippen molar-refractivity contribution in [3.63, 3.8) is 0 Å². The van der Waals surface area contributed by atoms with Crippen LogP contribution in [0, 0.1) is 0 Å². The third kappa shape index (κ3) is 3.76. The Labute approximate surface area is 170 Å². The lowest BCUT2D eigenvalue weighted by Crippen LogP contribution is -2.28. The zero-order valence-corrected chi connectivity index (χ0v) is 16.6. The van der Waals surface area contributed by atoms with Gasteiger partial charge in [0.05, 0.1) is 22.5 Å². The monoisotopic (exact) mass is 409 g/mol. The molecule has 0 unspecified atom stereocenters. The highest BCUT2D eigenvalue weighted by molar-refractivity contribution is 7.16. The molecular weight excluding hydrogens is 390 g/mol. The van der Waals surface area contributed by atoms with Gasteiger partial charge >= 0.3 is 0 Å². The molecule has 29 heavy (non-hydrogen) atoms. The summed E-state index contributed by atoms with van der Waals surface area (Å²) in [6.07, 6.45) is 0.449. The third-order valence-corrected chi connectivity index (χ3v) is 5.79. The molecule has 0 atom stereocenters. The molecule has 3 aromatic rings. The van der Waals surface area contributed by atoms with Crippen LogP contribution in [0.2, 0.25) is 0 Å². The molecule has 1 fully saturated rings. The van der Waals surface area contributed by atoms with E-state index in [1.165, 1.54) is 11.3 Å². The molecule has 1 aliphatic rings. The topological polar surface area (TPSA) is 81.0 Å². The van der Waals surface area contributed by atoms with Gasteiger partial charge in [-0.1, -0.05) is 23.5 Å². The number of ether oxygens (including phenoxy) is 1. The number of fused-ring (bicyclic) bond motifs is 1. The van der Waals surface area contributed by atoms with Gasteiger partial charge in [0.25, 0.3) is 5.91 Å². The van der Waals surface area contributed by atoms with E-state index in [-0.39, 0.29) is 30.6 Å². The highest BCUT2D eigenvalue weighted by Gasteiger charge is 2.30. The van der Waals surface area contributed by atoms with Gasteiger partial charge in [-0.05, 0) is 36.4 Å². The Morgan fingerprint density at radius 3 is 2.45 bits per heavy atom. The first kappa shape index (κ1) is 19.2. The number of nitrogens with zero attached hydrogens (tertiary/aromatic N) is 3. The fourth-order valence-corrected chi connectivity index (χ4v) is 4.33. The molecule has 2 heterocycles. The number of benzene rings is 2. The summed E-state index contributed by atoms with van der Waals surface area (Å²) in [6, 6.07) is 14.3. The number of methoxy groups -OCH3 is 1. The fourth-order valence-electron chi connectivity index (χ4n) is 3.27. The smallest absolute Gasteiger partial charge is 0.279 e. The molecule has 0 bridgehead atoms. The standard InChI is InChI=1S/C21H19N3O4S/c1-28-13-12-23-16-4-2-3-5-17(16)29-21(23)22-20(27)14-6-8-15(9-7-14)24-18(25)10-11-19(24)26/h2-9H,10-13H2,1H3. The number of amides is 3. The summed E-state index contributed by atoms with van der Waals surface area (Å²) in [6.45, 7) is 1.10. The summed E-state index contributed by atoms with van der Waals surface area (Å²) in [5.74, 6) is -0.820. The van der Waals surface area contributed by atoms with Crippen LogP contribution in [0.1, 0.15) is 23.2 Å². The van der Waals surface area contributed by atoms with E-state index >= 15 is 0 Å². The van der Waals surface area contributed by atoms with E-state index in [4.69, 9.17) is 4.74 Å². The maximum absolute atomic E-state index is 12.7. The Morgan fingerprint density at radius 2 is 1.76 bits per heavy atom. The molecule has 0 saturated carbocycles. The zero-order valence-electron chi connectivity index (χ0n) is 15.8. The molecule has 3 amide bonds. The number of anilines is 1. The SMILES string of the molecule is COCCn1c(=NC(=O)c2ccc(N3C(=O)CCC3=O)cc2)sc2ccccc21. The quantitative estimate of drug-likeness (QED) is 0.607. The number of thiazole rings is 1. The average molecular weight is 409 g/mol. The van der Waals surface area contributed by atoms with Crippen molar-refractivity contribution in [3.05, 3.63) is 58.9 Å². The molecule has 2 aromatic carbocycles. The molecule has 1 aromatic heterocycles. The van der Waals surface area contributed by atoms with E-state index in [1.807, 2.05) is 28.8 Å². The third-order valence-electron chi connectivity index (χ3n) is 4.73. The molecule has 1 saturated heterocycles. The number of aromatic nitrogens is 1. The molecule has 7 nitrogen and oxygen atoms in total. The van der Waals surface area contributed by atoms with Gasteiger partial charge in [0.1, 0.15) is 0 Å². The molecule has 0 spiro atoms. The van der Waals surface area contributed by atoms with Gasteiger partial charge < -0.3 is 9.30 Å². The first-order chi connectivity index (χ1) is 14.1. The number of para-hydroxylation sites is 1. The van der Waals surface area contributed by atoms with Crippen LogP contribution in [0.5, 0.6) is 0 Å². The van der Waals surface area contributed by atoms with Gasteiger partial charge in [-0.15, -0.1) is 0 Å². The van der Waals surface area contributed by atoms with Crippen molar-refractivity contribution in [1.82, 2.24) is 4.57 Å². The lowest BCUT2D eigenvalue weighted by molar-refractivity contribution is -0.121. The molecule has 8 heteroatoms. The molecule has 4 rings (SSSR count). The first-order valence-electron chi connectivity index (χ1n) is 9.20. The average Bonchev–Trinajstić information content (AvgIpc) is 3.25. The Morgan fingerprint density at radius 1 is 1.07 bits per heavy atom. The predicted molar refractivity (Wildman–Crippen MR) is 110 cm³/mol. The summed E-state index contributed by atoms with van der Waals surface area (Å²) in [4.78, 5) is 42.5. The minimum Gasteiger partial charge on any atom is -0.383 e. The number of hydrogen-bond acceptors (Lipinski definition) is 5. The molecule has 0 aliphatic carbocycles. The fraction of sp³-hybridized carbons (Fsp3) is 0.238. The van der Waals surface area contributed by atoms with Gasteiger partial charge in [0.2, 0.25) is 11.8 Å². The largest absolute Gasteiger partial charge is 0.383 e. The summed E-state index contributed by atoms with van der Waals surface area (Å²) < 4.78 is 8.19. The first-order valence-corrected chi connectivity index (χ1v) is 10.0. The van der Waals surface area contributed by atoms with Crippen molar-refractivity contribution in [1.29, 1.82) is 0 Å². The second-order valence-electron chi connectivity index (χ2n) is 6.58. The van der Waals surface area contributed by atoms with Crippen molar-refractivity contribution < 1.29 is 19.1 Å². The van der Waals surface area contributed by atoms with Gasteiger partial charge in [0, 0.05) is 32.1 Å². The van der Waals surface area contributed by atoms with Crippen molar-refractivity contribution in [2.75, 3.05) is 18.6 Å². The minimum atomic E-state index is -0.381. The molecular formula is C21H19N3O4S. The highest BCUT2D eigenvalue weighted by Crippen LogP contribution is 2.23. The van der Waals surface area contributed by atoms with E-state index in [0.29, 0.717) is 29.2 Å². The highest BCUT2D eigenvalue weighted by atomic mass is 32.1. The van der Waals surface area contributed by atoms with Crippen molar-refractivity contribution in [3.8, 4) is 0 Å². The Balaban J connectivity index is 1.66. The summed E-state index contributed by atoms with van der Waals surface area (Å²) in [7, 11) is 1.63. The molecule has 1 aliphatic heterocycles. The number of carbonyl (C=O) groups is 3. The normalized spacial score (nSPS) is 14.9. The summed E-state index contributed by atoms with van der Waals surface area (Å²) >= 11 is 1.44. The van der Waals surface area contributed by atoms with Gasteiger partial charge in [-0.3, -0.25) is 19.3 Å². The summed E-state index contributed by atoms with van der Waals surface area (Å²) in [5.41, 5.74) is 1.87. The van der Waals surface area contributed by atoms with Crippen LogP contribution in [-0.2, 0) is 20.9 Å². The maximum Gasteiger partial charge on any atom is 0.279 e. The molecule has 0 radical (unpaired) electrons. The number of imide groups is 1. The van der Waals surface area contributed by atoms with Crippen LogP contribution < -0.4 is 9.70 Å². The Bertz CT molecular complexity index is 1140. The lowest BCUT2D eigenvalue weighted by Gasteiger charge is -2.13. The van der Waals surface area contributed by atoms with Crippen molar-refractivity contribution in [2.45, 2.75) is 19.4 Å². The summed E-state index contributed by atoms with van der Waals surface area (Å²) in [5, 5.41) is 0. The maximum atomic E-state index is 12.7. The van der Waals surface area contributed by atoms with E-state index in [2.05, 4.69) is 4.99 Å². The van der Waals surface area contributed by atoms with E-state index in [1.54, 1.807) is 31.4 Å². The van der Waals surface area contributed by atoms with Crippen LogP contribution in [-0.4, -0.2) is 36.0 Å². The van der Waals surface area contributed by atoms with Crippen LogP contribution in [0.3, 0.4) is 0 Å². The second-order valence-corrected chi connectivity index (χ2v) is 7.59. The lowest BCUT2D eigenvalue weighted by atomic mass is 10.2. The van der Waals surface area contributed by atoms with Crippen LogP contribution >= 0.6 is 11.3 Å². The Kier molecular flexibility index (Phi) is 5.37. The van der Waals surface area contributed by atoms with Crippen LogP contribution in [0.25, 0.3) is 10.2 Å². The molecule has 0 N–H and O–H groups in total. The van der Waals surface area contributed by atoms with Crippen molar-refractivity contribution >= 4 is 45.0 Å². The zero-order chi connectivity index (χ0) is 20.4. The van der Waals surface area contributed by atoms with E-state index in [0.717, 1.165) is 15.1 Å². The van der Waals surface area contributed by atoms with Gasteiger partial charge in [0.15, 0.2) is 4.80 Å². The second kappa shape index (κ2) is 8.10. The number of carbonyl (C=O) groups excluding carboxylic acids is 3. The van der Waals surface area contributed by atoms with Gasteiger partial charge in [-0.25, -0.2) is 0 Å². The van der Waals surface area contributed by atoms with Gasteiger partial charge in [-0.2, -0.15) is 4.99 Å².